The summed E-state index contributed by atoms with van der Waals surface area (Å²) in [5, 5.41) is 0. The normalized spacial score (nSPS) is 47.6. The minimum atomic E-state index is -0.103. The molecule has 0 radical (unpaired) electrons. The van der Waals surface area contributed by atoms with E-state index in [0.717, 1.165) is 18.3 Å². The van der Waals surface area contributed by atoms with Crippen LogP contribution in [-0.4, -0.2) is 12.1 Å². The van der Waals surface area contributed by atoms with Crippen molar-refractivity contribution in [1.29, 1.82) is 0 Å². The zero-order valence-electron chi connectivity index (χ0n) is 11.0. The maximum absolute atomic E-state index is 11.3. The van der Waals surface area contributed by atoms with Crippen LogP contribution in [0.15, 0.2) is 11.6 Å². The van der Waals surface area contributed by atoms with Crippen molar-refractivity contribution >= 4 is 5.97 Å². The minimum Gasteiger partial charge on any atom is -0.462 e. The number of carbonyl (C=O) groups excluding carboxylic acids is 1. The van der Waals surface area contributed by atoms with Crippen LogP contribution in [0.1, 0.15) is 46.5 Å². The van der Waals surface area contributed by atoms with Gasteiger partial charge < -0.3 is 4.74 Å². The molecule has 2 heteroatoms. The maximum Gasteiger partial charge on any atom is 0.302 e. The lowest BCUT2D eigenvalue weighted by molar-refractivity contribution is -0.157. The molecule has 2 saturated carbocycles. The lowest BCUT2D eigenvalue weighted by atomic mass is 9.68. The summed E-state index contributed by atoms with van der Waals surface area (Å²) in [6, 6.07) is 0. The van der Waals surface area contributed by atoms with Crippen molar-refractivity contribution < 1.29 is 9.53 Å². The Bertz CT molecular complexity index is 384. The molecular weight excluding hydrogens is 212 g/mol. The summed E-state index contributed by atoms with van der Waals surface area (Å²) in [4.78, 5) is 11.3. The summed E-state index contributed by atoms with van der Waals surface area (Å²) < 4.78 is 5.68. The quantitative estimate of drug-likeness (QED) is 0.514. The molecule has 3 aliphatic carbocycles. The van der Waals surface area contributed by atoms with Crippen LogP contribution in [0.5, 0.6) is 0 Å². The monoisotopic (exact) mass is 234 g/mol. The van der Waals surface area contributed by atoms with Crippen molar-refractivity contribution in [2.75, 3.05) is 0 Å². The predicted octanol–water partition coefficient (Wildman–Crippen LogP) is 3.32. The summed E-state index contributed by atoms with van der Waals surface area (Å²) in [7, 11) is 0. The van der Waals surface area contributed by atoms with E-state index in [4.69, 9.17) is 4.74 Å². The van der Waals surface area contributed by atoms with Gasteiger partial charge in [-0.1, -0.05) is 18.6 Å². The van der Waals surface area contributed by atoms with Gasteiger partial charge in [0.2, 0.25) is 0 Å². The molecule has 0 aromatic heterocycles. The van der Waals surface area contributed by atoms with Gasteiger partial charge in [-0.3, -0.25) is 4.79 Å². The molecule has 0 heterocycles. The third-order valence-corrected chi connectivity index (χ3v) is 5.58. The highest BCUT2D eigenvalue weighted by atomic mass is 16.5. The van der Waals surface area contributed by atoms with Crippen LogP contribution < -0.4 is 0 Å². The highest BCUT2D eigenvalue weighted by Crippen LogP contribution is 2.66. The van der Waals surface area contributed by atoms with E-state index in [0.29, 0.717) is 5.92 Å². The molecule has 3 aliphatic rings. The van der Waals surface area contributed by atoms with E-state index in [-0.39, 0.29) is 17.5 Å². The van der Waals surface area contributed by atoms with Crippen molar-refractivity contribution in [1.82, 2.24) is 0 Å². The van der Waals surface area contributed by atoms with E-state index >= 15 is 0 Å². The lowest BCUT2D eigenvalue weighted by Crippen LogP contribution is -2.41. The highest BCUT2D eigenvalue weighted by molar-refractivity contribution is 5.66. The molecule has 0 amide bonds. The largest absolute Gasteiger partial charge is 0.462 e. The van der Waals surface area contributed by atoms with E-state index in [1.165, 1.54) is 24.8 Å². The molecule has 17 heavy (non-hydrogen) atoms. The van der Waals surface area contributed by atoms with Gasteiger partial charge in [0.15, 0.2) is 0 Å². The molecule has 0 saturated heterocycles. The average Bonchev–Trinajstić information content (AvgIpc) is 2.72. The van der Waals surface area contributed by atoms with Gasteiger partial charge in [0.25, 0.3) is 0 Å². The summed E-state index contributed by atoms with van der Waals surface area (Å²) in [5.74, 6) is 2.00. The predicted molar refractivity (Wildman–Crippen MR) is 66.4 cm³/mol. The fourth-order valence-corrected chi connectivity index (χ4v) is 4.90. The number of esters is 1. The Balaban J connectivity index is 1.95. The van der Waals surface area contributed by atoms with Crippen LogP contribution >= 0.6 is 0 Å². The highest BCUT2D eigenvalue weighted by Gasteiger charge is 2.64. The van der Waals surface area contributed by atoms with Crippen molar-refractivity contribution in [2.24, 2.45) is 23.2 Å². The van der Waals surface area contributed by atoms with Gasteiger partial charge in [-0.15, -0.1) is 0 Å². The van der Waals surface area contributed by atoms with E-state index in [9.17, 15) is 4.79 Å². The summed E-state index contributed by atoms with van der Waals surface area (Å²) in [6.07, 6.45) is 7.51. The van der Waals surface area contributed by atoms with Crippen LogP contribution in [-0.2, 0) is 9.53 Å². The van der Waals surface area contributed by atoms with Gasteiger partial charge >= 0.3 is 5.97 Å². The first-order chi connectivity index (χ1) is 8.04. The topological polar surface area (TPSA) is 26.3 Å². The fourth-order valence-electron chi connectivity index (χ4n) is 4.90. The van der Waals surface area contributed by atoms with E-state index < -0.39 is 0 Å². The van der Waals surface area contributed by atoms with Gasteiger partial charge in [-0.2, -0.15) is 0 Å². The standard InChI is InChI=1S/C15H22O2/c1-9-4-6-15-7-5-12(13(15)8-9)10(2)14(15)17-11(3)16/h4,10,12-14H,5-8H2,1-3H3/t10-,12-,13-,14-,15+/m1/s1. The number of hydrogen-bond donors (Lipinski definition) is 0. The van der Waals surface area contributed by atoms with Gasteiger partial charge in [-0.05, 0) is 50.4 Å². The van der Waals surface area contributed by atoms with Gasteiger partial charge in [0, 0.05) is 12.3 Å². The Morgan fingerprint density at radius 1 is 1.53 bits per heavy atom. The summed E-state index contributed by atoms with van der Waals surface area (Å²) in [6.45, 7) is 6.08. The SMILES string of the molecule is CC(=O)O[C@@H]1[C@H](C)[C@H]2CC[C@]13CC=C(C)C[C@H]23. The molecule has 2 nitrogen and oxygen atoms in total. The summed E-state index contributed by atoms with van der Waals surface area (Å²) in [5.41, 5.74) is 1.82. The number of ether oxygens (including phenoxy) is 1. The third-order valence-electron chi connectivity index (χ3n) is 5.58. The molecule has 0 aliphatic heterocycles. The smallest absolute Gasteiger partial charge is 0.302 e. The Kier molecular flexibility index (Phi) is 2.39. The molecule has 2 fully saturated rings. The van der Waals surface area contributed by atoms with Crippen LogP contribution in [0.3, 0.4) is 0 Å². The molecule has 0 aromatic rings. The first-order valence-electron chi connectivity index (χ1n) is 6.87. The van der Waals surface area contributed by atoms with Gasteiger partial charge in [0.1, 0.15) is 6.10 Å². The fraction of sp³-hybridized carbons (Fsp3) is 0.800. The van der Waals surface area contributed by atoms with E-state index in [1.807, 2.05) is 0 Å². The second-order valence-electron chi connectivity index (χ2n) is 6.39. The third kappa shape index (κ3) is 1.42. The van der Waals surface area contributed by atoms with Gasteiger partial charge in [-0.25, -0.2) is 0 Å². The molecule has 0 unspecified atom stereocenters. The Labute approximate surface area is 103 Å². The zero-order valence-corrected chi connectivity index (χ0v) is 11.0. The van der Waals surface area contributed by atoms with Gasteiger partial charge in [0.05, 0.1) is 0 Å². The number of rotatable bonds is 1. The Morgan fingerprint density at radius 3 is 3.00 bits per heavy atom. The van der Waals surface area contributed by atoms with E-state index in [1.54, 1.807) is 6.92 Å². The first-order valence-corrected chi connectivity index (χ1v) is 6.87. The maximum atomic E-state index is 11.3. The zero-order chi connectivity index (χ0) is 12.2. The second kappa shape index (κ2) is 3.60. The number of allylic oxidation sites excluding steroid dienone is 2. The Morgan fingerprint density at radius 2 is 2.29 bits per heavy atom. The second-order valence-corrected chi connectivity index (χ2v) is 6.39. The molecule has 0 spiro atoms. The summed E-state index contributed by atoms with van der Waals surface area (Å²) >= 11 is 0. The van der Waals surface area contributed by atoms with E-state index in [2.05, 4.69) is 19.9 Å². The minimum absolute atomic E-state index is 0.103. The molecule has 94 valence electrons. The van der Waals surface area contributed by atoms with Crippen LogP contribution in [0, 0.1) is 23.2 Å². The first kappa shape index (κ1) is 11.3. The van der Waals surface area contributed by atoms with Crippen LogP contribution in [0.25, 0.3) is 0 Å². The number of hydrogen-bond acceptors (Lipinski definition) is 2. The number of carbonyl (C=O) groups is 1. The molecule has 5 atom stereocenters. The van der Waals surface area contributed by atoms with Crippen molar-refractivity contribution in [3.05, 3.63) is 11.6 Å². The van der Waals surface area contributed by atoms with Crippen molar-refractivity contribution in [3.63, 3.8) is 0 Å². The Hall–Kier alpha value is -0.790. The van der Waals surface area contributed by atoms with Crippen LogP contribution in [0.4, 0.5) is 0 Å². The molecule has 0 aromatic carbocycles. The average molecular weight is 234 g/mol. The molecule has 0 N–H and O–H groups in total. The lowest BCUT2D eigenvalue weighted by Gasteiger charge is -2.40. The molecular formula is C15H22O2. The molecule has 3 rings (SSSR count). The van der Waals surface area contributed by atoms with Crippen LogP contribution in [0.2, 0.25) is 0 Å². The molecule has 2 bridgehead atoms. The van der Waals surface area contributed by atoms with Crippen molar-refractivity contribution in [2.45, 2.75) is 52.6 Å². The van der Waals surface area contributed by atoms with Crippen molar-refractivity contribution in [3.8, 4) is 0 Å².